The average molecular weight is 371 g/mol. The Morgan fingerprint density at radius 3 is 2.37 bits per heavy atom. The Morgan fingerprint density at radius 1 is 1.11 bits per heavy atom. The first kappa shape index (κ1) is 18.4. The van der Waals surface area contributed by atoms with Crippen LogP contribution in [0, 0.1) is 5.82 Å². The van der Waals surface area contributed by atoms with Gasteiger partial charge in [-0.1, -0.05) is 18.2 Å². The van der Waals surface area contributed by atoms with E-state index in [1.54, 1.807) is 19.2 Å². The van der Waals surface area contributed by atoms with Gasteiger partial charge >= 0.3 is 0 Å². The topological polar surface area (TPSA) is 52.9 Å². The molecule has 4 nitrogen and oxygen atoms in total. The first-order valence-electron chi connectivity index (χ1n) is 9.53. The second kappa shape index (κ2) is 7.23. The van der Waals surface area contributed by atoms with E-state index in [9.17, 15) is 14.6 Å². The fourth-order valence-corrected chi connectivity index (χ4v) is 4.83. The zero-order chi connectivity index (χ0) is 19.0. The summed E-state index contributed by atoms with van der Waals surface area (Å²) in [5.74, 6) is 0.426. The van der Waals surface area contributed by atoms with Crippen LogP contribution >= 0.6 is 0 Å². The number of halogens is 1. The zero-order valence-corrected chi connectivity index (χ0v) is 15.6. The predicted molar refractivity (Wildman–Crippen MR) is 101 cm³/mol. The monoisotopic (exact) mass is 371 g/mol. The van der Waals surface area contributed by atoms with E-state index < -0.39 is 5.60 Å². The van der Waals surface area contributed by atoms with Crippen LogP contribution in [0.15, 0.2) is 42.5 Å². The van der Waals surface area contributed by atoms with Crippen molar-refractivity contribution in [3.05, 3.63) is 65.0 Å². The molecule has 4 rings (SSSR count). The minimum atomic E-state index is -0.883. The van der Waals surface area contributed by atoms with Crippen molar-refractivity contribution < 1.29 is 19.3 Å². The van der Waals surface area contributed by atoms with Gasteiger partial charge in [0.25, 0.3) is 0 Å². The molecule has 2 saturated heterocycles. The highest BCUT2D eigenvalue weighted by atomic mass is 19.1. The van der Waals surface area contributed by atoms with Crippen LogP contribution in [0.25, 0.3) is 0 Å². The first-order valence-corrected chi connectivity index (χ1v) is 9.53. The molecule has 0 unspecified atom stereocenters. The zero-order valence-electron chi connectivity index (χ0n) is 15.6. The summed E-state index contributed by atoms with van der Waals surface area (Å²) in [4.78, 5) is 2.47. The van der Waals surface area contributed by atoms with Crippen LogP contribution in [0.3, 0.4) is 0 Å². The number of hydrogen-bond donors (Lipinski definition) is 2. The number of ether oxygens (including phenoxy) is 1. The van der Waals surface area contributed by atoms with E-state index in [1.807, 2.05) is 18.2 Å². The second-order valence-corrected chi connectivity index (χ2v) is 7.81. The molecule has 0 saturated carbocycles. The van der Waals surface area contributed by atoms with E-state index in [4.69, 9.17) is 4.74 Å². The molecule has 27 heavy (non-hydrogen) atoms. The van der Waals surface area contributed by atoms with Crippen LogP contribution in [0.4, 0.5) is 4.39 Å². The largest absolute Gasteiger partial charge is 0.496 e. The van der Waals surface area contributed by atoms with Crippen molar-refractivity contribution in [1.82, 2.24) is 4.90 Å². The molecule has 2 aromatic rings. The normalized spacial score (nSPS) is 27.7. The number of aliphatic hydroxyl groups is 2. The van der Waals surface area contributed by atoms with Gasteiger partial charge in [0.15, 0.2) is 0 Å². The lowest BCUT2D eigenvalue weighted by atomic mass is 9.80. The van der Waals surface area contributed by atoms with Crippen molar-refractivity contribution in [3.8, 4) is 5.75 Å². The van der Waals surface area contributed by atoms with Crippen LogP contribution in [0.2, 0.25) is 0 Å². The quantitative estimate of drug-likeness (QED) is 0.846. The Morgan fingerprint density at radius 2 is 1.78 bits per heavy atom. The molecule has 0 amide bonds. The van der Waals surface area contributed by atoms with E-state index in [-0.39, 0.29) is 12.4 Å². The fourth-order valence-electron chi connectivity index (χ4n) is 4.83. The molecular formula is C22H26FNO3. The third-order valence-electron chi connectivity index (χ3n) is 6.18. The number of aliphatic hydroxyl groups excluding tert-OH is 1. The van der Waals surface area contributed by atoms with Crippen LogP contribution in [0.5, 0.6) is 5.75 Å². The predicted octanol–water partition coefficient (Wildman–Crippen LogP) is 3.34. The number of benzene rings is 2. The van der Waals surface area contributed by atoms with Gasteiger partial charge in [0.1, 0.15) is 11.6 Å². The highest BCUT2D eigenvalue weighted by Gasteiger charge is 2.48. The van der Waals surface area contributed by atoms with E-state index in [0.717, 1.165) is 36.1 Å². The van der Waals surface area contributed by atoms with E-state index in [2.05, 4.69) is 4.90 Å². The average Bonchev–Trinajstić information content (AvgIpc) is 2.92. The van der Waals surface area contributed by atoms with Crippen molar-refractivity contribution in [2.24, 2.45) is 0 Å². The number of fused-ring (bicyclic) bond motifs is 2. The van der Waals surface area contributed by atoms with E-state index >= 15 is 0 Å². The summed E-state index contributed by atoms with van der Waals surface area (Å²) in [6, 6.07) is 12.8. The summed E-state index contributed by atoms with van der Waals surface area (Å²) >= 11 is 0. The van der Waals surface area contributed by atoms with Crippen molar-refractivity contribution >= 4 is 0 Å². The third-order valence-corrected chi connectivity index (χ3v) is 6.18. The summed E-state index contributed by atoms with van der Waals surface area (Å²) in [5.41, 5.74) is 1.87. The van der Waals surface area contributed by atoms with Crippen LogP contribution < -0.4 is 4.74 Å². The minimum absolute atomic E-state index is 0.0474. The number of rotatable bonds is 5. The minimum Gasteiger partial charge on any atom is -0.496 e. The molecule has 0 aromatic heterocycles. The summed E-state index contributed by atoms with van der Waals surface area (Å²) in [6.07, 6.45) is 3.46. The van der Waals surface area contributed by atoms with Gasteiger partial charge in [0, 0.05) is 24.2 Å². The van der Waals surface area contributed by atoms with Crippen molar-refractivity contribution in [1.29, 1.82) is 0 Å². The summed E-state index contributed by atoms with van der Waals surface area (Å²) < 4.78 is 18.5. The standard InChI is InChI=1S/C22H26FNO3/c1-27-21-9-2-15(10-16(21)14-25)13-24-19-7-8-20(24)12-22(26,11-19)17-3-5-18(23)6-4-17/h2-6,9-10,19-20,25-26H,7-8,11-14H2,1H3/t19-,20-/m0/s1. The molecule has 2 bridgehead atoms. The summed E-state index contributed by atoms with van der Waals surface area (Å²) in [5, 5.41) is 20.8. The number of methoxy groups -OCH3 is 1. The Bertz CT molecular complexity index is 794. The fraction of sp³-hybridized carbons (Fsp3) is 0.455. The molecule has 5 heteroatoms. The molecule has 0 spiro atoms. The molecular weight excluding hydrogens is 345 g/mol. The Balaban J connectivity index is 1.52. The Kier molecular flexibility index (Phi) is 4.93. The SMILES string of the molecule is COc1ccc(CN2[C@H]3CC[C@H]2CC(O)(c2ccc(F)cc2)C3)cc1CO. The van der Waals surface area contributed by atoms with Gasteiger partial charge in [0.2, 0.25) is 0 Å². The first-order chi connectivity index (χ1) is 13.0. The Labute approximate surface area is 159 Å². The lowest BCUT2D eigenvalue weighted by Crippen LogP contribution is -2.49. The van der Waals surface area contributed by atoms with Gasteiger partial charge in [0.05, 0.1) is 19.3 Å². The molecule has 2 aliphatic rings. The van der Waals surface area contributed by atoms with Crippen LogP contribution in [-0.4, -0.2) is 34.3 Å². The van der Waals surface area contributed by atoms with Crippen molar-refractivity contribution in [3.63, 3.8) is 0 Å². The third kappa shape index (κ3) is 3.47. The van der Waals surface area contributed by atoms with Gasteiger partial charge < -0.3 is 14.9 Å². The molecule has 2 aromatic carbocycles. The van der Waals surface area contributed by atoms with Gasteiger partial charge in [-0.2, -0.15) is 0 Å². The number of piperidine rings is 1. The van der Waals surface area contributed by atoms with Crippen molar-refractivity contribution in [2.45, 2.75) is 56.5 Å². The molecule has 0 aliphatic carbocycles. The molecule has 2 heterocycles. The van der Waals surface area contributed by atoms with E-state index in [0.29, 0.717) is 30.7 Å². The van der Waals surface area contributed by atoms with Gasteiger partial charge in [-0.3, -0.25) is 4.90 Å². The van der Waals surface area contributed by atoms with Gasteiger partial charge in [-0.15, -0.1) is 0 Å². The highest BCUT2D eigenvalue weighted by Crippen LogP contribution is 2.46. The maximum absolute atomic E-state index is 13.2. The molecule has 0 radical (unpaired) electrons. The molecule has 2 N–H and O–H groups in total. The molecule has 2 atom stereocenters. The molecule has 2 fully saturated rings. The maximum Gasteiger partial charge on any atom is 0.124 e. The van der Waals surface area contributed by atoms with Crippen LogP contribution in [0.1, 0.15) is 42.4 Å². The number of nitrogens with zero attached hydrogens (tertiary/aromatic N) is 1. The van der Waals surface area contributed by atoms with Gasteiger partial charge in [-0.25, -0.2) is 4.39 Å². The lowest BCUT2D eigenvalue weighted by molar-refractivity contribution is -0.0595. The van der Waals surface area contributed by atoms with Crippen molar-refractivity contribution in [2.75, 3.05) is 7.11 Å². The maximum atomic E-state index is 13.2. The highest BCUT2D eigenvalue weighted by molar-refractivity contribution is 5.37. The molecule has 2 aliphatic heterocycles. The second-order valence-electron chi connectivity index (χ2n) is 7.81. The smallest absolute Gasteiger partial charge is 0.124 e. The Hall–Kier alpha value is -1.95. The van der Waals surface area contributed by atoms with Gasteiger partial charge in [-0.05, 0) is 61.1 Å². The van der Waals surface area contributed by atoms with Crippen LogP contribution in [-0.2, 0) is 18.8 Å². The number of hydrogen-bond acceptors (Lipinski definition) is 4. The van der Waals surface area contributed by atoms with E-state index in [1.165, 1.54) is 12.1 Å². The summed E-state index contributed by atoms with van der Waals surface area (Å²) in [6.45, 7) is 0.750. The summed E-state index contributed by atoms with van der Waals surface area (Å²) in [7, 11) is 1.61. The molecule has 144 valence electrons. The lowest BCUT2D eigenvalue weighted by Gasteiger charge is -2.44.